The Labute approximate surface area is 128 Å². The number of aryl methyl sites for hydroxylation is 1. The standard InChI is InChI=1S/C16H26N2O.ClH/c1-11-8-6-7-9-14(11)10-16(4,5)18-15(19)12(2)13(3)17;/h6-9,12-13H,10,17H2,1-5H3,(H,18,19);1H. The Morgan fingerprint density at radius 2 is 1.85 bits per heavy atom. The van der Waals surface area contributed by atoms with Crippen LogP contribution in [0.15, 0.2) is 24.3 Å². The van der Waals surface area contributed by atoms with Gasteiger partial charge in [-0.25, -0.2) is 0 Å². The molecule has 0 bridgehead atoms. The second kappa shape index (κ2) is 7.65. The molecule has 1 amide bonds. The zero-order chi connectivity index (χ0) is 14.6. The third-order valence-electron chi connectivity index (χ3n) is 3.56. The quantitative estimate of drug-likeness (QED) is 0.878. The molecule has 0 saturated carbocycles. The molecule has 0 aliphatic carbocycles. The number of benzene rings is 1. The Kier molecular flexibility index (Phi) is 7.25. The fraction of sp³-hybridized carbons (Fsp3) is 0.562. The van der Waals surface area contributed by atoms with Crippen molar-refractivity contribution in [1.82, 2.24) is 5.32 Å². The van der Waals surface area contributed by atoms with Crippen LogP contribution in [0.5, 0.6) is 0 Å². The molecule has 3 nitrogen and oxygen atoms in total. The Balaban J connectivity index is 0.00000361. The molecule has 0 fully saturated rings. The largest absolute Gasteiger partial charge is 0.351 e. The fourth-order valence-electron chi connectivity index (χ4n) is 2.01. The van der Waals surface area contributed by atoms with Crippen LogP contribution in [0.1, 0.15) is 38.8 Å². The van der Waals surface area contributed by atoms with Crippen LogP contribution in [0.3, 0.4) is 0 Å². The van der Waals surface area contributed by atoms with Crippen molar-refractivity contribution in [2.45, 2.75) is 52.6 Å². The zero-order valence-electron chi connectivity index (χ0n) is 13.1. The molecule has 0 saturated heterocycles. The van der Waals surface area contributed by atoms with E-state index in [1.165, 1.54) is 11.1 Å². The van der Waals surface area contributed by atoms with Crippen LogP contribution in [-0.2, 0) is 11.2 Å². The average molecular weight is 299 g/mol. The van der Waals surface area contributed by atoms with Crippen molar-refractivity contribution in [3.05, 3.63) is 35.4 Å². The van der Waals surface area contributed by atoms with E-state index in [2.05, 4.69) is 24.4 Å². The minimum atomic E-state index is -0.271. The number of hydrogen-bond donors (Lipinski definition) is 2. The van der Waals surface area contributed by atoms with Gasteiger partial charge in [-0.15, -0.1) is 12.4 Å². The number of nitrogens with one attached hydrogen (secondary N) is 1. The van der Waals surface area contributed by atoms with Gasteiger partial charge in [0.1, 0.15) is 0 Å². The number of carbonyl (C=O) groups is 1. The first-order chi connectivity index (χ1) is 8.73. The molecule has 114 valence electrons. The number of nitrogens with two attached hydrogens (primary N) is 1. The number of carbonyl (C=O) groups excluding carboxylic acids is 1. The van der Waals surface area contributed by atoms with Crippen molar-refractivity contribution >= 4 is 18.3 Å². The molecule has 0 heterocycles. The van der Waals surface area contributed by atoms with Gasteiger partial charge in [-0.3, -0.25) is 4.79 Å². The van der Waals surface area contributed by atoms with Gasteiger partial charge in [0.25, 0.3) is 0 Å². The molecule has 1 aromatic carbocycles. The lowest BCUT2D eigenvalue weighted by Gasteiger charge is -2.29. The number of amides is 1. The molecule has 1 aromatic rings. The van der Waals surface area contributed by atoms with E-state index in [9.17, 15) is 4.79 Å². The molecular weight excluding hydrogens is 272 g/mol. The van der Waals surface area contributed by atoms with Crippen molar-refractivity contribution in [3.63, 3.8) is 0 Å². The molecule has 0 spiro atoms. The normalized spacial score (nSPS) is 14.1. The van der Waals surface area contributed by atoms with Crippen LogP contribution in [0, 0.1) is 12.8 Å². The molecule has 1 rings (SSSR count). The van der Waals surface area contributed by atoms with Gasteiger partial charge in [0, 0.05) is 17.5 Å². The number of hydrogen-bond acceptors (Lipinski definition) is 2. The maximum Gasteiger partial charge on any atom is 0.224 e. The van der Waals surface area contributed by atoms with E-state index in [1.807, 2.05) is 39.8 Å². The summed E-state index contributed by atoms with van der Waals surface area (Å²) in [6, 6.07) is 8.14. The van der Waals surface area contributed by atoms with Crippen LogP contribution >= 0.6 is 12.4 Å². The highest BCUT2D eigenvalue weighted by Crippen LogP contribution is 2.17. The smallest absolute Gasteiger partial charge is 0.224 e. The number of halogens is 1. The molecule has 0 aliphatic heterocycles. The maximum atomic E-state index is 12.1. The van der Waals surface area contributed by atoms with Crippen molar-refractivity contribution < 1.29 is 4.79 Å². The maximum absolute atomic E-state index is 12.1. The van der Waals surface area contributed by atoms with Crippen LogP contribution in [-0.4, -0.2) is 17.5 Å². The summed E-state index contributed by atoms with van der Waals surface area (Å²) in [6.07, 6.45) is 0.817. The highest BCUT2D eigenvalue weighted by molar-refractivity contribution is 5.85. The van der Waals surface area contributed by atoms with Crippen molar-refractivity contribution in [2.24, 2.45) is 11.7 Å². The molecule has 0 radical (unpaired) electrons. The Morgan fingerprint density at radius 3 is 2.35 bits per heavy atom. The minimum Gasteiger partial charge on any atom is -0.351 e. The summed E-state index contributed by atoms with van der Waals surface area (Å²) < 4.78 is 0. The van der Waals surface area contributed by atoms with Gasteiger partial charge in [0.15, 0.2) is 0 Å². The summed E-state index contributed by atoms with van der Waals surface area (Å²) >= 11 is 0. The van der Waals surface area contributed by atoms with E-state index in [0.29, 0.717) is 0 Å². The van der Waals surface area contributed by atoms with Gasteiger partial charge in [0.2, 0.25) is 5.91 Å². The highest BCUT2D eigenvalue weighted by atomic mass is 35.5. The van der Waals surface area contributed by atoms with E-state index >= 15 is 0 Å². The van der Waals surface area contributed by atoms with E-state index in [0.717, 1.165) is 6.42 Å². The lowest BCUT2D eigenvalue weighted by atomic mass is 9.91. The third kappa shape index (κ3) is 5.51. The molecule has 2 atom stereocenters. The lowest BCUT2D eigenvalue weighted by Crippen LogP contribution is -2.49. The molecule has 3 N–H and O–H groups in total. The minimum absolute atomic E-state index is 0. The highest BCUT2D eigenvalue weighted by Gasteiger charge is 2.25. The Morgan fingerprint density at radius 1 is 1.30 bits per heavy atom. The Hall–Kier alpha value is -1.06. The summed E-state index contributed by atoms with van der Waals surface area (Å²) in [7, 11) is 0. The van der Waals surface area contributed by atoms with E-state index in [1.54, 1.807) is 0 Å². The number of rotatable bonds is 5. The predicted octanol–water partition coefficient (Wildman–Crippen LogP) is 2.84. The Bertz CT molecular complexity index is 444. The van der Waals surface area contributed by atoms with E-state index in [-0.39, 0.29) is 35.8 Å². The first-order valence-corrected chi connectivity index (χ1v) is 6.85. The molecule has 2 unspecified atom stereocenters. The fourth-order valence-corrected chi connectivity index (χ4v) is 2.01. The zero-order valence-corrected chi connectivity index (χ0v) is 13.9. The topological polar surface area (TPSA) is 55.1 Å². The van der Waals surface area contributed by atoms with E-state index < -0.39 is 0 Å². The van der Waals surface area contributed by atoms with Crippen LogP contribution in [0.25, 0.3) is 0 Å². The van der Waals surface area contributed by atoms with Gasteiger partial charge < -0.3 is 11.1 Å². The monoisotopic (exact) mass is 298 g/mol. The summed E-state index contributed by atoms with van der Waals surface area (Å²) in [4.78, 5) is 12.1. The van der Waals surface area contributed by atoms with Crippen LogP contribution < -0.4 is 11.1 Å². The van der Waals surface area contributed by atoms with Crippen LogP contribution in [0.4, 0.5) is 0 Å². The molecule has 0 aliphatic rings. The SMILES string of the molecule is Cc1ccccc1CC(C)(C)NC(=O)C(C)C(C)N.Cl. The van der Waals surface area contributed by atoms with Gasteiger partial charge in [-0.2, -0.15) is 0 Å². The van der Waals surface area contributed by atoms with E-state index in [4.69, 9.17) is 5.73 Å². The lowest BCUT2D eigenvalue weighted by molar-refractivity contribution is -0.126. The molecule has 4 heteroatoms. The van der Waals surface area contributed by atoms with Crippen molar-refractivity contribution in [2.75, 3.05) is 0 Å². The molecular formula is C16H27ClN2O. The first kappa shape index (κ1) is 18.9. The van der Waals surface area contributed by atoms with Gasteiger partial charge in [-0.1, -0.05) is 31.2 Å². The second-order valence-electron chi connectivity index (χ2n) is 6.12. The van der Waals surface area contributed by atoms with Crippen molar-refractivity contribution in [3.8, 4) is 0 Å². The summed E-state index contributed by atoms with van der Waals surface area (Å²) in [5.74, 6) is -0.148. The first-order valence-electron chi connectivity index (χ1n) is 6.85. The van der Waals surface area contributed by atoms with Gasteiger partial charge >= 0.3 is 0 Å². The summed E-state index contributed by atoms with van der Waals surface area (Å²) in [5.41, 5.74) is 8.02. The molecule has 20 heavy (non-hydrogen) atoms. The summed E-state index contributed by atoms with van der Waals surface area (Å²) in [5, 5.41) is 3.09. The van der Waals surface area contributed by atoms with Crippen LogP contribution in [0.2, 0.25) is 0 Å². The third-order valence-corrected chi connectivity index (χ3v) is 3.56. The van der Waals surface area contributed by atoms with Gasteiger partial charge in [-0.05, 0) is 45.2 Å². The van der Waals surface area contributed by atoms with Crippen molar-refractivity contribution in [1.29, 1.82) is 0 Å². The summed E-state index contributed by atoms with van der Waals surface area (Å²) in [6.45, 7) is 9.91. The predicted molar refractivity (Wildman–Crippen MR) is 87.2 cm³/mol. The molecule has 0 aromatic heterocycles. The van der Waals surface area contributed by atoms with Gasteiger partial charge in [0.05, 0.1) is 0 Å². The average Bonchev–Trinajstić information content (AvgIpc) is 2.30. The second-order valence-corrected chi connectivity index (χ2v) is 6.12.